The molecular weight excluding hydrogens is 406 g/mol. The van der Waals surface area contributed by atoms with Gasteiger partial charge in [0, 0.05) is 17.6 Å². The molecule has 8 heteroatoms. The molecule has 0 aliphatic rings. The summed E-state index contributed by atoms with van der Waals surface area (Å²) in [6, 6.07) is 11.4. The molecule has 1 aromatic carbocycles. The van der Waals surface area contributed by atoms with Gasteiger partial charge in [0.05, 0.1) is 30.2 Å². The van der Waals surface area contributed by atoms with E-state index in [9.17, 15) is 9.59 Å². The van der Waals surface area contributed by atoms with Gasteiger partial charge < -0.3 is 14.2 Å². The van der Waals surface area contributed by atoms with Gasteiger partial charge in [0.25, 0.3) is 11.5 Å². The Kier molecular flexibility index (Phi) is 5.21. The summed E-state index contributed by atoms with van der Waals surface area (Å²) in [4.78, 5) is 34.4. The summed E-state index contributed by atoms with van der Waals surface area (Å²) in [5, 5.41) is 2.50. The summed E-state index contributed by atoms with van der Waals surface area (Å²) in [7, 11) is 3.27. The van der Waals surface area contributed by atoms with Crippen molar-refractivity contribution in [1.82, 2.24) is 9.55 Å². The van der Waals surface area contributed by atoms with E-state index in [1.165, 1.54) is 22.2 Å². The van der Waals surface area contributed by atoms with E-state index in [1.54, 1.807) is 30.4 Å². The third kappa shape index (κ3) is 3.56. The van der Waals surface area contributed by atoms with Crippen molar-refractivity contribution in [1.29, 1.82) is 0 Å². The number of aryl methyl sites for hydroxylation is 2. The van der Waals surface area contributed by atoms with E-state index in [1.807, 2.05) is 48.7 Å². The molecule has 0 saturated heterocycles. The summed E-state index contributed by atoms with van der Waals surface area (Å²) < 4.78 is 6.67. The largest absolute Gasteiger partial charge is 0.497 e. The maximum atomic E-state index is 13.6. The number of ether oxygens (including phenoxy) is 1. The van der Waals surface area contributed by atoms with Gasteiger partial charge in [0.15, 0.2) is 0 Å². The van der Waals surface area contributed by atoms with Crippen LogP contribution in [0, 0.1) is 6.92 Å². The van der Waals surface area contributed by atoms with Crippen LogP contribution in [0.25, 0.3) is 10.2 Å². The minimum atomic E-state index is -0.147. The minimum Gasteiger partial charge on any atom is -0.497 e. The molecule has 4 aromatic rings. The lowest BCUT2D eigenvalue weighted by atomic mass is 10.2. The van der Waals surface area contributed by atoms with Crippen molar-refractivity contribution < 1.29 is 9.53 Å². The molecule has 0 unspecified atom stereocenters. The van der Waals surface area contributed by atoms with Gasteiger partial charge in [0.1, 0.15) is 10.6 Å². The number of hydrogen-bond acceptors (Lipinski definition) is 6. The van der Waals surface area contributed by atoms with Gasteiger partial charge in [0.2, 0.25) is 0 Å². The highest BCUT2D eigenvalue weighted by atomic mass is 32.1. The van der Waals surface area contributed by atoms with Crippen LogP contribution in [0.2, 0.25) is 0 Å². The second kappa shape index (κ2) is 7.81. The molecule has 0 spiro atoms. The van der Waals surface area contributed by atoms with Crippen LogP contribution in [0.5, 0.6) is 5.75 Å². The number of thiophene rings is 2. The topological polar surface area (TPSA) is 64.4 Å². The van der Waals surface area contributed by atoms with Crippen LogP contribution < -0.4 is 15.2 Å². The summed E-state index contributed by atoms with van der Waals surface area (Å²) in [5.74, 6) is 0.578. The first-order valence-electron chi connectivity index (χ1n) is 8.92. The van der Waals surface area contributed by atoms with Crippen molar-refractivity contribution in [3.8, 4) is 5.75 Å². The minimum absolute atomic E-state index is 0.142. The average Bonchev–Trinajstić information content (AvgIpc) is 3.37. The lowest BCUT2D eigenvalue weighted by Crippen LogP contribution is -2.30. The molecule has 0 atom stereocenters. The zero-order valence-corrected chi connectivity index (χ0v) is 17.8. The molecular formula is C21H19N3O3S2. The van der Waals surface area contributed by atoms with Crippen LogP contribution in [-0.4, -0.2) is 22.6 Å². The second-order valence-corrected chi connectivity index (χ2v) is 8.60. The zero-order valence-electron chi connectivity index (χ0n) is 16.2. The van der Waals surface area contributed by atoms with Gasteiger partial charge >= 0.3 is 0 Å². The van der Waals surface area contributed by atoms with Crippen LogP contribution >= 0.6 is 22.7 Å². The predicted molar refractivity (Wildman–Crippen MR) is 117 cm³/mol. The number of aromatic nitrogens is 2. The van der Waals surface area contributed by atoms with Crippen LogP contribution in [0.1, 0.15) is 20.1 Å². The number of fused-ring (bicyclic) bond motifs is 1. The number of hydrogen-bond donors (Lipinski definition) is 0. The molecule has 29 heavy (non-hydrogen) atoms. The van der Waals surface area contributed by atoms with Crippen LogP contribution in [0.15, 0.2) is 52.9 Å². The maximum Gasteiger partial charge on any atom is 0.269 e. The number of carbonyl (C=O) groups excluding carboxylic acids is 1. The normalized spacial score (nSPS) is 11.0. The average molecular weight is 426 g/mol. The Morgan fingerprint density at radius 3 is 2.66 bits per heavy atom. The van der Waals surface area contributed by atoms with Crippen molar-refractivity contribution >= 4 is 44.5 Å². The maximum absolute atomic E-state index is 13.6. The summed E-state index contributed by atoms with van der Waals surface area (Å²) >= 11 is 2.86. The molecule has 148 valence electrons. The Balaban J connectivity index is 1.80. The molecule has 1 amide bonds. The number of amides is 1. The van der Waals surface area contributed by atoms with Crippen molar-refractivity contribution in [2.75, 3.05) is 12.0 Å². The molecule has 0 aliphatic heterocycles. The summed E-state index contributed by atoms with van der Waals surface area (Å²) in [6.45, 7) is 2.26. The molecule has 3 heterocycles. The van der Waals surface area contributed by atoms with Crippen molar-refractivity contribution in [2.24, 2.45) is 7.05 Å². The molecule has 0 N–H and O–H groups in total. The third-order valence-corrected chi connectivity index (χ3v) is 6.78. The van der Waals surface area contributed by atoms with Gasteiger partial charge in [-0.2, -0.15) is 0 Å². The first-order valence-corrected chi connectivity index (χ1v) is 10.6. The van der Waals surface area contributed by atoms with E-state index in [2.05, 4.69) is 4.98 Å². The number of carbonyl (C=O) groups is 1. The van der Waals surface area contributed by atoms with Gasteiger partial charge in [-0.25, -0.2) is 4.98 Å². The molecule has 0 radical (unpaired) electrons. The lowest BCUT2D eigenvalue weighted by Gasteiger charge is -2.22. The number of nitrogens with zero attached hydrogens (tertiary/aromatic N) is 3. The fraction of sp³-hybridized carbons (Fsp3) is 0.190. The Bertz CT molecular complexity index is 1220. The highest BCUT2D eigenvalue weighted by Gasteiger charge is 2.25. The smallest absolute Gasteiger partial charge is 0.269 e. The van der Waals surface area contributed by atoms with E-state index in [-0.39, 0.29) is 11.5 Å². The summed E-state index contributed by atoms with van der Waals surface area (Å²) in [5.41, 5.74) is 1.30. The predicted octanol–water partition coefficient (Wildman–Crippen LogP) is 4.22. The summed E-state index contributed by atoms with van der Waals surface area (Å²) in [6.07, 6.45) is 1.49. The molecule has 4 rings (SSSR count). The van der Waals surface area contributed by atoms with Crippen molar-refractivity contribution in [3.63, 3.8) is 0 Å². The van der Waals surface area contributed by atoms with Gasteiger partial charge in [-0.3, -0.25) is 9.59 Å². The van der Waals surface area contributed by atoms with Gasteiger partial charge in [-0.15, -0.1) is 22.7 Å². The number of methoxy groups -OCH3 is 1. The molecule has 0 bridgehead atoms. The lowest BCUT2D eigenvalue weighted by molar-refractivity contribution is 0.0989. The van der Waals surface area contributed by atoms with E-state index < -0.39 is 0 Å². The number of anilines is 1. The molecule has 3 aromatic heterocycles. The first kappa shape index (κ1) is 19.4. The first-order chi connectivity index (χ1) is 14.0. The van der Waals surface area contributed by atoms with E-state index >= 15 is 0 Å². The third-order valence-electron chi connectivity index (χ3n) is 4.73. The van der Waals surface area contributed by atoms with E-state index in [4.69, 9.17) is 4.74 Å². The second-order valence-electron chi connectivity index (χ2n) is 6.57. The Morgan fingerprint density at radius 2 is 2.00 bits per heavy atom. The molecule has 0 saturated carbocycles. The van der Waals surface area contributed by atoms with Crippen molar-refractivity contribution in [2.45, 2.75) is 13.5 Å². The Labute approximate surface area is 175 Å². The molecule has 0 aliphatic carbocycles. The number of benzene rings is 1. The van der Waals surface area contributed by atoms with Crippen LogP contribution in [-0.2, 0) is 13.6 Å². The quantitative estimate of drug-likeness (QED) is 0.480. The van der Waals surface area contributed by atoms with E-state index in [0.29, 0.717) is 27.2 Å². The molecule has 6 nitrogen and oxygen atoms in total. The standard InChI is InChI=1S/C21H19N3O3S2/c1-13-17-19(22-12-23(2)20(17)25)29-18(13)21(26)24(11-16-5-4-10-28-16)14-6-8-15(27-3)9-7-14/h4-10,12H,11H2,1-3H3. The zero-order chi connectivity index (χ0) is 20.5. The van der Waals surface area contributed by atoms with Gasteiger partial charge in [-0.05, 0) is 48.2 Å². The highest BCUT2D eigenvalue weighted by molar-refractivity contribution is 7.20. The number of rotatable bonds is 5. The SMILES string of the molecule is COc1ccc(N(Cc2cccs2)C(=O)c2sc3ncn(C)c(=O)c3c2C)cc1. The fourth-order valence-corrected chi connectivity index (χ4v) is 4.92. The highest BCUT2D eigenvalue weighted by Crippen LogP contribution is 2.31. The Hall–Kier alpha value is -2.97. The van der Waals surface area contributed by atoms with Crippen molar-refractivity contribution in [3.05, 3.63) is 73.8 Å². The fourth-order valence-electron chi connectivity index (χ4n) is 3.14. The van der Waals surface area contributed by atoms with Crippen LogP contribution in [0.3, 0.4) is 0 Å². The van der Waals surface area contributed by atoms with E-state index in [0.717, 1.165) is 16.3 Å². The molecule has 0 fully saturated rings. The monoisotopic (exact) mass is 425 g/mol. The van der Waals surface area contributed by atoms with Crippen LogP contribution in [0.4, 0.5) is 5.69 Å². The van der Waals surface area contributed by atoms with Gasteiger partial charge in [-0.1, -0.05) is 6.07 Å². The Morgan fingerprint density at radius 1 is 1.24 bits per heavy atom.